The number of nitrogens with zero attached hydrogens (tertiary/aromatic N) is 2. The number of likely N-dealkylation sites (N-methyl/N-ethyl adjacent to an activating group) is 1. The van der Waals surface area contributed by atoms with Gasteiger partial charge < -0.3 is 15.1 Å². The molecule has 0 radical (unpaired) electrons. The van der Waals surface area contributed by atoms with Crippen LogP contribution in [-0.4, -0.2) is 25.1 Å². The maximum atomic E-state index is 5.60. The lowest BCUT2D eigenvalue weighted by molar-refractivity contribution is 0.502. The van der Waals surface area contributed by atoms with Crippen molar-refractivity contribution in [2.75, 3.05) is 25.0 Å². The Balaban J connectivity index is 2.13. The summed E-state index contributed by atoms with van der Waals surface area (Å²) >= 11 is 0. The van der Waals surface area contributed by atoms with E-state index in [1.165, 1.54) is 6.42 Å². The predicted octanol–water partition coefficient (Wildman–Crippen LogP) is 0.558. The van der Waals surface area contributed by atoms with Crippen LogP contribution in [0.25, 0.3) is 0 Å². The predicted molar refractivity (Wildman–Crippen MR) is 50.9 cm³/mol. The van der Waals surface area contributed by atoms with E-state index in [1.54, 1.807) is 0 Å². The van der Waals surface area contributed by atoms with Crippen LogP contribution in [0, 0.1) is 0 Å². The van der Waals surface area contributed by atoms with Crippen molar-refractivity contribution in [2.45, 2.75) is 19.3 Å². The zero-order valence-corrected chi connectivity index (χ0v) is 7.92. The maximum Gasteiger partial charge on any atom is 0.297 e. The molecule has 0 aliphatic heterocycles. The van der Waals surface area contributed by atoms with Gasteiger partial charge in [-0.2, -0.15) is 4.98 Å². The van der Waals surface area contributed by atoms with Crippen LogP contribution < -0.4 is 10.6 Å². The Hall–Kier alpha value is -1.03. The molecule has 13 heavy (non-hydrogen) atoms. The van der Waals surface area contributed by atoms with Crippen molar-refractivity contribution >= 4 is 6.01 Å². The van der Waals surface area contributed by atoms with Crippen molar-refractivity contribution in [3.05, 3.63) is 11.5 Å². The molecule has 0 aromatic carbocycles. The fourth-order valence-corrected chi connectivity index (χ4v) is 1.63. The summed E-state index contributed by atoms with van der Waals surface area (Å²) in [4.78, 5) is 6.37. The third-order valence-corrected chi connectivity index (χ3v) is 2.38. The first kappa shape index (κ1) is 8.56. The molecule has 1 heterocycles. The lowest BCUT2D eigenvalue weighted by Crippen LogP contribution is -2.25. The first-order valence-corrected chi connectivity index (χ1v) is 4.71. The van der Waals surface area contributed by atoms with Crippen molar-refractivity contribution in [1.29, 1.82) is 0 Å². The van der Waals surface area contributed by atoms with E-state index in [1.807, 2.05) is 11.9 Å². The van der Waals surface area contributed by atoms with E-state index >= 15 is 0 Å². The summed E-state index contributed by atoms with van der Waals surface area (Å²) in [6, 6.07) is 0.718. The molecule has 2 rings (SSSR count). The molecule has 1 aromatic heterocycles. The standard InChI is InChI=1S/C9H15N3O/c1-12(6-5-10)9-11-7-3-2-4-8(7)13-9/h2-6,10H2,1H3. The minimum absolute atomic E-state index is 0.629. The van der Waals surface area contributed by atoms with Gasteiger partial charge in [-0.05, 0) is 12.8 Å². The van der Waals surface area contributed by atoms with Gasteiger partial charge >= 0.3 is 0 Å². The van der Waals surface area contributed by atoms with Crippen LogP contribution in [0.5, 0.6) is 0 Å². The van der Waals surface area contributed by atoms with E-state index in [2.05, 4.69) is 4.98 Å². The number of nitrogens with two attached hydrogens (primary N) is 1. The summed E-state index contributed by atoms with van der Waals surface area (Å²) in [5.74, 6) is 1.07. The van der Waals surface area contributed by atoms with Crippen LogP contribution in [0.2, 0.25) is 0 Å². The Morgan fingerprint density at radius 1 is 1.54 bits per heavy atom. The summed E-state index contributed by atoms with van der Waals surface area (Å²) in [5, 5.41) is 0. The average Bonchev–Trinajstić information content (AvgIpc) is 2.61. The molecule has 2 N–H and O–H groups in total. The van der Waals surface area contributed by atoms with Gasteiger partial charge in [0.15, 0.2) is 0 Å². The molecule has 0 unspecified atom stereocenters. The second-order valence-electron chi connectivity index (χ2n) is 3.43. The lowest BCUT2D eigenvalue weighted by Gasteiger charge is -2.12. The number of aryl methyl sites for hydroxylation is 2. The van der Waals surface area contributed by atoms with Crippen LogP contribution in [0.15, 0.2) is 4.42 Å². The highest BCUT2D eigenvalue weighted by Crippen LogP contribution is 2.25. The molecule has 0 atom stereocenters. The number of hydrogen-bond acceptors (Lipinski definition) is 4. The summed E-state index contributed by atoms with van der Waals surface area (Å²) in [6.07, 6.45) is 3.29. The fraction of sp³-hybridized carbons (Fsp3) is 0.667. The second kappa shape index (κ2) is 3.38. The second-order valence-corrected chi connectivity index (χ2v) is 3.43. The lowest BCUT2D eigenvalue weighted by atomic mass is 10.4. The summed E-state index contributed by atoms with van der Waals surface area (Å²) < 4.78 is 5.60. The average molecular weight is 181 g/mol. The van der Waals surface area contributed by atoms with Crippen LogP contribution in [0.4, 0.5) is 6.01 Å². The van der Waals surface area contributed by atoms with Crippen molar-refractivity contribution in [2.24, 2.45) is 5.73 Å². The number of fused-ring (bicyclic) bond motifs is 1. The number of oxazole rings is 1. The van der Waals surface area contributed by atoms with Crippen molar-refractivity contribution in [3.8, 4) is 0 Å². The maximum absolute atomic E-state index is 5.60. The molecule has 4 heteroatoms. The number of anilines is 1. The molecule has 0 spiro atoms. The summed E-state index contributed by atoms with van der Waals surface area (Å²) in [6.45, 7) is 1.42. The first-order chi connectivity index (χ1) is 6.31. The van der Waals surface area contributed by atoms with Gasteiger partial charge in [-0.15, -0.1) is 0 Å². The van der Waals surface area contributed by atoms with Gasteiger partial charge in [0, 0.05) is 26.6 Å². The fourth-order valence-electron chi connectivity index (χ4n) is 1.63. The monoisotopic (exact) mass is 181 g/mol. The van der Waals surface area contributed by atoms with Crippen LogP contribution >= 0.6 is 0 Å². The topological polar surface area (TPSA) is 55.3 Å². The zero-order valence-electron chi connectivity index (χ0n) is 7.92. The Morgan fingerprint density at radius 2 is 2.38 bits per heavy atom. The molecule has 0 saturated carbocycles. The highest BCUT2D eigenvalue weighted by atomic mass is 16.4. The molecule has 1 aromatic rings. The number of aromatic nitrogens is 1. The van der Waals surface area contributed by atoms with Gasteiger partial charge in [0.1, 0.15) is 5.76 Å². The number of rotatable bonds is 3. The molecule has 1 aliphatic carbocycles. The third kappa shape index (κ3) is 1.54. The molecule has 72 valence electrons. The van der Waals surface area contributed by atoms with E-state index in [0.717, 1.165) is 36.9 Å². The van der Waals surface area contributed by atoms with Gasteiger partial charge in [0.25, 0.3) is 6.01 Å². The van der Waals surface area contributed by atoms with Gasteiger partial charge in [-0.3, -0.25) is 0 Å². The molecule has 0 fully saturated rings. The van der Waals surface area contributed by atoms with E-state index < -0.39 is 0 Å². The minimum atomic E-state index is 0.629. The van der Waals surface area contributed by atoms with E-state index in [-0.39, 0.29) is 0 Å². The molecular weight excluding hydrogens is 166 g/mol. The SMILES string of the molecule is CN(CCN)c1nc2c(o1)CCC2. The van der Waals surface area contributed by atoms with Crippen LogP contribution in [-0.2, 0) is 12.8 Å². The van der Waals surface area contributed by atoms with Crippen molar-refractivity contribution in [1.82, 2.24) is 4.98 Å². The Kier molecular flexibility index (Phi) is 2.22. The van der Waals surface area contributed by atoms with Crippen molar-refractivity contribution < 1.29 is 4.42 Å². The molecule has 4 nitrogen and oxygen atoms in total. The highest BCUT2D eigenvalue weighted by molar-refractivity contribution is 5.30. The third-order valence-electron chi connectivity index (χ3n) is 2.38. The highest BCUT2D eigenvalue weighted by Gasteiger charge is 2.19. The number of hydrogen-bond donors (Lipinski definition) is 1. The van der Waals surface area contributed by atoms with Gasteiger partial charge in [0.2, 0.25) is 0 Å². The van der Waals surface area contributed by atoms with Crippen LogP contribution in [0.1, 0.15) is 17.9 Å². The Morgan fingerprint density at radius 3 is 3.08 bits per heavy atom. The Labute approximate surface area is 77.7 Å². The quantitative estimate of drug-likeness (QED) is 0.740. The van der Waals surface area contributed by atoms with Crippen molar-refractivity contribution in [3.63, 3.8) is 0 Å². The van der Waals surface area contributed by atoms with E-state index in [4.69, 9.17) is 10.2 Å². The van der Waals surface area contributed by atoms with E-state index in [9.17, 15) is 0 Å². The van der Waals surface area contributed by atoms with Crippen LogP contribution in [0.3, 0.4) is 0 Å². The normalized spacial score (nSPS) is 14.6. The summed E-state index contributed by atoms with van der Waals surface area (Å²) in [5.41, 5.74) is 6.58. The molecular formula is C9H15N3O. The van der Waals surface area contributed by atoms with Gasteiger partial charge in [-0.1, -0.05) is 0 Å². The zero-order chi connectivity index (χ0) is 9.26. The molecule has 0 bridgehead atoms. The Bertz CT molecular complexity index is 274. The molecule has 0 amide bonds. The van der Waals surface area contributed by atoms with E-state index in [0.29, 0.717) is 6.54 Å². The van der Waals surface area contributed by atoms with Gasteiger partial charge in [0.05, 0.1) is 5.69 Å². The first-order valence-electron chi connectivity index (χ1n) is 4.71. The minimum Gasteiger partial charge on any atom is -0.428 e. The molecule has 1 aliphatic rings. The largest absolute Gasteiger partial charge is 0.428 e. The smallest absolute Gasteiger partial charge is 0.297 e. The molecule has 0 saturated heterocycles. The van der Waals surface area contributed by atoms with Gasteiger partial charge in [-0.25, -0.2) is 0 Å². The summed E-state index contributed by atoms with van der Waals surface area (Å²) in [7, 11) is 1.95.